The summed E-state index contributed by atoms with van der Waals surface area (Å²) < 4.78 is 0. The molecule has 0 spiro atoms. The van der Waals surface area contributed by atoms with Crippen LogP contribution in [-0.4, -0.2) is 44.9 Å². The van der Waals surface area contributed by atoms with Crippen molar-refractivity contribution in [2.75, 3.05) is 18.4 Å². The Kier molecular flexibility index (Phi) is 3.60. The van der Waals surface area contributed by atoms with Crippen molar-refractivity contribution in [3.05, 3.63) is 31.2 Å². The molecule has 6 heteroatoms. The van der Waals surface area contributed by atoms with Gasteiger partial charge < -0.3 is 15.2 Å². The lowest BCUT2D eigenvalue weighted by Gasteiger charge is -2.36. The topological polar surface area (TPSA) is 73.9 Å². The average molecular weight is 285 g/mol. The van der Waals surface area contributed by atoms with Gasteiger partial charge in [0.2, 0.25) is 5.91 Å². The molecular weight excluding hydrogens is 266 g/mol. The zero-order valence-corrected chi connectivity index (χ0v) is 12.0. The number of nitrogens with zero attached hydrogens (tertiary/aromatic N) is 3. The standard InChI is InChI=1S/C15H19N5O/c1-3-13(21)20-7-10(2)6-11(8-20)19-15-12-4-5-16-14(12)17-9-18-15/h3-5,9-11H,1,6-8H2,2H3,(H2,16,17,18,19). The highest BCUT2D eigenvalue weighted by molar-refractivity contribution is 5.88. The Morgan fingerprint density at radius 3 is 3.19 bits per heavy atom. The predicted molar refractivity (Wildman–Crippen MR) is 81.9 cm³/mol. The van der Waals surface area contributed by atoms with E-state index in [9.17, 15) is 4.79 Å². The quantitative estimate of drug-likeness (QED) is 0.843. The molecule has 3 rings (SSSR count). The fourth-order valence-electron chi connectivity index (χ4n) is 2.95. The maximum atomic E-state index is 11.8. The highest BCUT2D eigenvalue weighted by Gasteiger charge is 2.27. The molecular formula is C15H19N5O. The van der Waals surface area contributed by atoms with E-state index in [0.717, 1.165) is 29.8 Å². The number of aromatic amines is 1. The highest BCUT2D eigenvalue weighted by Crippen LogP contribution is 2.23. The monoisotopic (exact) mass is 285 g/mol. The number of anilines is 1. The van der Waals surface area contributed by atoms with Crippen LogP contribution in [0.2, 0.25) is 0 Å². The number of nitrogens with one attached hydrogen (secondary N) is 2. The van der Waals surface area contributed by atoms with Crippen molar-refractivity contribution in [2.24, 2.45) is 5.92 Å². The van der Waals surface area contributed by atoms with Crippen LogP contribution in [0.15, 0.2) is 31.2 Å². The van der Waals surface area contributed by atoms with Gasteiger partial charge in [0, 0.05) is 25.3 Å². The maximum Gasteiger partial charge on any atom is 0.246 e. The normalized spacial score (nSPS) is 22.2. The molecule has 110 valence electrons. The first-order valence-electron chi connectivity index (χ1n) is 7.13. The average Bonchev–Trinajstić information content (AvgIpc) is 2.95. The van der Waals surface area contributed by atoms with Crippen molar-refractivity contribution in [2.45, 2.75) is 19.4 Å². The molecule has 1 aliphatic rings. The van der Waals surface area contributed by atoms with Crippen LogP contribution in [0.25, 0.3) is 11.0 Å². The number of aromatic nitrogens is 3. The van der Waals surface area contributed by atoms with E-state index in [1.165, 1.54) is 6.08 Å². The van der Waals surface area contributed by atoms with Crippen LogP contribution in [0.1, 0.15) is 13.3 Å². The minimum Gasteiger partial charge on any atom is -0.365 e. The summed E-state index contributed by atoms with van der Waals surface area (Å²) in [5, 5.41) is 4.42. The number of hydrogen-bond donors (Lipinski definition) is 2. The van der Waals surface area contributed by atoms with Crippen molar-refractivity contribution in [1.29, 1.82) is 0 Å². The second-order valence-electron chi connectivity index (χ2n) is 5.59. The van der Waals surface area contributed by atoms with E-state index < -0.39 is 0 Å². The zero-order chi connectivity index (χ0) is 14.8. The van der Waals surface area contributed by atoms with E-state index in [1.807, 2.05) is 17.2 Å². The van der Waals surface area contributed by atoms with Crippen LogP contribution in [-0.2, 0) is 4.79 Å². The van der Waals surface area contributed by atoms with Crippen molar-refractivity contribution >= 4 is 22.8 Å². The lowest BCUT2D eigenvalue weighted by Crippen LogP contribution is -2.47. The molecule has 2 aromatic rings. The van der Waals surface area contributed by atoms with E-state index >= 15 is 0 Å². The molecule has 0 saturated carbocycles. The van der Waals surface area contributed by atoms with Gasteiger partial charge in [-0.3, -0.25) is 4.79 Å². The molecule has 1 amide bonds. The lowest BCUT2D eigenvalue weighted by atomic mass is 9.95. The van der Waals surface area contributed by atoms with Crippen LogP contribution in [0.5, 0.6) is 0 Å². The summed E-state index contributed by atoms with van der Waals surface area (Å²) in [6, 6.07) is 2.14. The molecule has 0 radical (unpaired) electrons. The molecule has 2 unspecified atom stereocenters. The van der Waals surface area contributed by atoms with Crippen LogP contribution in [0.4, 0.5) is 5.82 Å². The Labute approximate surface area is 123 Å². The van der Waals surface area contributed by atoms with Crippen LogP contribution < -0.4 is 5.32 Å². The van der Waals surface area contributed by atoms with Crippen LogP contribution in [0, 0.1) is 5.92 Å². The summed E-state index contributed by atoms with van der Waals surface area (Å²) in [5.74, 6) is 1.25. The predicted octanol–water partition coefficient (Wildman–Crippen LogP) is 1.79. The molecule has 6 nitrogen and oxygen atoms in total. The van der Waals surface area contributed by atoms with Gasteiger partial charge in [-0.2, -0.15) is 0 Å². The largest absolute Gasteiger partial charge is 0.365 e. The maximum absolute atomic E-state index is 11.8. The molecule has 0 bridgehead atoms. The summed E-state index contributed by atoms with van der Waals surface area (Å²) in [6.07, 6.45) is 5.78. The number of carbonyl (C=O) groups excluding carboxylic acids is 1. The third-order valence-electron chi connectivity index (χ3n) is 3.84. The van der Waals surface area contributed by atoms with E-state index in [2.05, 4.69) is 33.8 Å². The minimum atomic E-state index is -0.0113. The molecule has 0 aliphatic carbocycles. The van der Waals surface area contributed by atoms with Gasteiger partial charge >= 0.3 is 0 Å². The number of piperidine rings is 1. The molecule has 21 heavy (non-hydrogen) atoms. The Bertz CT molecular complexity index is 665. The first kappa shape index (κ1) is 13.6. The van der Waals surface area contributed by atoms with Gasteiger partial charge in [0.25, 0.3) is 0 Å². The number of fused-ring (bicyclic) bond motifs is 1. The zero-order valence-electron chi connectivity index (χ0n) is 12.0. The number of likely N-dealkylation sites (tertiary alicyclic amines) is 1. The summed E-state index contributed by atoms with van der Waals surface area (Å²) in [7, 11) is 0. The van der Waals surface area contributed by atoms with Crippen molar-refractivity contribution in [1.82, 2.24) is 19.9 Å². The van der Waals surface area contributed by atoms with E-state index in [0.29, 0.717) is 12.5 Å². The number of H-pyrrole nitrogens is 1. The Morgan fingerprint density at radius 2 is 2.38 bits per heavy atom. The van der Waals surface area contributed by atoms with Gasteiger partial charge in [0.05, 0.1) is 5.39 Å². The van der Waals surface area contributed by atoms with Crippen molar-refractivity contribution in [3.63, 3.8) is 0 Å². The smallest absolute Gasteiger partial charge is 0.246 e. The van der Waals surface area contributed by atoms with E-state index in [4.69, 9.17) is 0 Å². The van der Waals surface area contributed by atoms with Crippen LogP contribution >= 0.6 is 0 Å². The molecule has 2 atom stereocenters. The molecule has 2 N–H and O–H groups in total. The molecule has 1 fully saturated rings. The van der Waals surface area contributed by atoms with Gasteiger partial charge in [0.1, 0.15) is 17.8 Å². The van der Waals surface area contributed by atoms with Crippen LogP contribution in [0.3, 0.4) is 0 Å². The lowest BCUT2D eigenvalue weighted by molar-refractivity contribution is -0.127. The summed E-state index contributed by atoms with van der Waals surface area (Å²) in [5.41, 5.74) is 0.815. The second kappa shape index (κ2) is 5.55. The molecule has 2 aromatic heterocycles. The SMILES string of the molecule is C=CC(=O)N1CC(C)CC(Nc2ncnc3[nH]ccc23)C1. The first-order chi connectivity index (χ1) is 10.2. The molecule has 1 aliphatic heterocycles. The highest BCUT2D eigenvalue weighted by atomic mass is 16.2. The third kappa shape index (κ3) is 2.74. The molecule has 1 saturated heterocycles. The van der Waals surface area contributed by atoms with Crippen molar-refractivity contribution < 1.29 is 4.79 Å². The van der Waals surface area contributed by atoms with Gasteiger partial charge in [-0.1, -0.05) is 13.5 Å². The fourth-order valence-corrected chi connectivity index (χ4v) is 2.95. The third-order valence-corrected chi connectivity index (χ3v) is 3.84. The number of rotatable bonds is 3. The Balaban J connectivity index is 1.79. The van der Waals surface area contributed by atoms with Crippen molar-refractivity contribution in [3.8, 4) is 0 Å². The second-order valence-corrected chi connectivity index (χ2v) is 5.59. The first-order valence-corrected chi connectivity index (χ1v) is 7.13. The Hall–Kier alpha value is -2.37. The van der Waals surface area contributed by atoms with E-state index in [-0.39, 0.29) is 11.9 Å². The fraction of sp³-hybridized carbons (Fsp3) is 0.400. The van der Waals surface area contributed by atoms with E-state index in [1.54, 1.807) is 6.33 Å². The minimum absolute atomic E-state index is 0.0113. The van der Waals surface area contributed by atoms with Gasteiger partial charge in [-0.25, -0.2) is 9.97 Å². The molecule has 3 heterocycles. The summed E-state index contributed by atoms with van der Waals surface area (Å²) in [6.45, 7) is 7.18. The summed E-state index contributed by atoms with van der Waals surface area (Å²) in [4.78, 5) is 25.3. The molecule has 0 aromatic carbocycles. The van der Waals surface area contributed by atoms with Gasteiger partial charge in [0.15, 0.2) is 0 Å². The number of amides is 1. The number of carbonyl (C=O) groups is 1. The Morgan fingerprint density at radius 1 is 1.52 bits per heavy atom. The summed E-state index contributed by atoms with van der Waals surface area (Å²) >= 11 is 0. The van der Waals surface area contributed by atoms with Gasteiger partial charge in [-0.05, 0) is 24.5 Å². The van der Waals surface area contributed by atoms with Gasteiger partial charge in [-0.15, -0.1) is 0 Å². The number of hydrogen-bond acceptors (Lipinski definition) is 4.